The summed E-state index contributed by atoms with van der Waals surface area (Å²) in [5.74, 6) is -0.151. The molecular weight excluding hydrogens is 282 g/mol. The van der Waals surface area contributed by atoms with Crippen molar-refractivity contribution >= 4 is 5.91 Å². The van der Waals surface area contributed by atoms with Gasteiger partial charge in [0.1, 0.15) is 12.9 Å². The van der Waals surface area contributed by atoms with E-state index in [1.54, 1.807) is 11.8 Å². The molecule has 1 N–H and O–H groups in total. The maximum Gasteiger partial charge on any atom is 0.254 e. The SMILES string of the molecule is C=C=C(C)[C@@H](O)[C@H]1[C@@H](OCOC)C(=O)N1Cc1ccccc1. The summed E-state index contributed by atoms with van der Waals surface area (Å²) in [6.07, 6.45) is -1.57. The quantitative estimate of drug-likeness (QED) is 0.471. The van der Waals surface area contributed by atoms with Gasteiger partial charge < -0.3 is 19.5 Å². The van der Waals surface area contributed by atoms with E-state index < -0.39 is 18.2 Å². The Morgan fingerprint density at radius 2 is 2.14 bits per heavy atom. The maximum atomic E-state index is 12.3. The van der Waals surface area contributed by atoms with E-state index in [4.69, 9.17) is 9.47 Å². The van der Waals surface area contributed by atoms with Crippen molar-refractivity contribution in [1.82, 2.24) is 4.90 Å². The zero-order chi connectivity index (χ0) is 16.1. The summed E-state index contributed by atoms with van der Waals surface area (Å²) in [5, 5.41) is 10.4. The molecule has 5 nitrogen and oxygen atoms in total. The van der Waals surface area contributed by atoms with Gasteiger partial charge in [-0.3, -0.25) is 4.79 Å². The van der Waals surface area contributed by atoms with E-state index in [0.29, 0.717) is 12.1 Å². The molecule has 1 fully saturated rings. The van der Waals surface area contributed by atoms with Crippen molar-refractivity contribution in [1.29, 1.82) is 0 Å². The number of carbonyl (C=O) groups is 1. The van der Waals surface area contributed by atoms with Crippen LogP contribution in [-0.2, 0) is 20.8 Å². The van der Waals surface area contributed by atoms with Gasteiger partial charge in [-0.25, -0.2) is 0 Å². The highest BCUT2D eigenvalue weighted by Crippen LogP contribution is 2.30. The van der Waals surface area contributed by atoms with E-state index in [-0.39, 0.29) is 12.7 Å². The van der Waals surface area contributed by atoms with Gasteiger partial charge >= 0.3 is 0 Å². The third-order valence-electron chi connectivity index (χ3n) is 3.80. The zero-order valence-electron chi connectivity index (χ0n) is 12.9. The number of ether oxygens (including phenoxy) is 2. The van der Waals surface area contributed by atoms with Crippen molar-refractivity contribution in [3.8, 4) is 0 Å². The summed E-state index contributed by atoms with van der Waals surface area (Å²) in [4.78, 5) is 13.9. The third-order valence-corrected chi connectivity index (χ3v) is 3.80. The highest BCUT2D eigenvalue weighted by atomic mass is 16.7. The Balaban J connectivity index is 2.16. The molecule has 0 saturated carbocycles. The number of methoxy groups -OCH3 is 1. The van der Waals surface area contributed by atoms with E-state index in [0.717, 1.165) is 5.56 Å². The Morgan fingerprint density at radius 1 is 1.45 bits per heavy atom. The van der Waals surface area contributed by atoms with Crippen molar-refractivity contribution in [2.24, 2.45) is 0 Å². The molecule has 0 radical (unpaired) electrons. The average molecular weight is 303 g/mol. The number of likely N-dealkylation sites (tertiary alicyclic amines) is 1. The highest BCUT2D eigenvalue weighted by molar-refractivity contribution is 5.88. The molecule has 0 bridgehead atoms. The van der Waals surface area contributed by atoms with Crippen molar-refractivity contribution in [3.05, 3.63) is 53.8 Å². The molecule has 1 aromatic carbocycles. The molecule has 1 aliphatic heterocycles. The van der Waals surface area contributed by atoms with Crippen LogP contribution < -0.4 is 0 Å². The fourth-order valence-corrected chi connectivity index (χ4v) is 2.51. The molecule has 0 spiro atoms. The summed E-state index contributed by atoms with van der Waals surface area (Å²) in [6, 6.07) is 9.17. The first-order valence-corrected chi connectivity index (χ1v) is 7.09. The Bertz CT molecular complexity index is 565. The fraction of sp³-hybridized carbons (Fsp3) is 0.412. The molecule has 0 aliphatic carbocycles. The molecule has 2 rings (SSSR count). The lowest BCUT2D eigenvalue weighted by Gasteiger charge is -2.48. The van der Waals surface area contributed by atoms with Crippen LogP contribution in [0.5, 0.6) is 0 Å². The van der Waals surface area contributed by atoms with E-state index in [1.807, 2.05) is 30.3 Å². The van der Waals surface area contributed by atoms with Crippen molar-refractivity contribution in [3.63, 3.8) is 0 Å². The lowest BCUT2D eigenvalue weighted by atomic mass is 9.88. The molecule has 1 saturated heterocycles. The Kier molecular flexibility index (Phi) is 5.52. The minimum atomic E-state index is -0.860. The molecule has 0 aromatic heterocycles. The third kappa shape index (κ3) is 3.29. The molecular formula is C17H21NO4. The lowest BCUT2D eigenvalue weighted by Crippen LogP contribution is -2.69. The van der Waals surface area contributed by atoms with Crippen LogP contribution in [0.3, 0.4) is 0 Å². The van der Waals surface area contributed by atoms with Gasteiger partial charge in [-0.15, -0.1) is 5.73 Å². The molecule has 118 valence electrons. The number of hydrogen-bond donors (Lipinski definition) is 1. The van der Waals surface area contributed by atoms with Crippen molar-refractivity contribution in [2.75, 3.05) is 13.9 Å². The number of carbonyl (C=O) groups excluding carboxylic acids is 1. The van der Waals surface area contributed by atoms with Crippen LogP contribution in [0.4, 0.5) is 0 Å². The largest absolute Gasteiger partial charge is 0.386 e. The number of hydrogen-bond acceptors (Lipinski definition) is 4. The summed E-state index contributed by atoms with van der Waals surface area (Å²) in [5.41, 5.74) is 4.26. The monoisotopic (exact) mass is 303 g/mol. The molecule has 0 unspecified atom stereocenters. The van der Waals surface area contributed by atoms with E-state index in [9.17, 15) is 9.90 Å². The normalized spacial score (nSPS) is 22.0. The second-order valence-electron chi connectivity index (χ2n) is 5.24. The summed E-state index contributed by atoms with van der Waals surface area (Å²) in [6.45, 7) is 5.72. The minimum absolute atomic E-state index is 0.00958. The van der Waals surface area contributed by atoms with Crippen LogP contribution >= 0.6 is 0 Å². The van der Waals surface area contributed by atoms with Crippen LogP contribution in [0.15, 0.2) is 48.2 Å². The Morgan fingerprint density at radius 3 is 2.73 bits per heavy atom. The number of aliphatic hydroxyl groups excluding tert-OH is 1. The second-order valence-corrected chi connectivity index (χ2v) is 5.24. The van der Waals surface area contributed by atoms with Gasteiger partial charge in [0.2, 0.25) is 0 Å². The molecule has 5 heteroatoms. The summed E-state index contributed by atoms with van der Waals surface area (Å²) >= 11 is 0. The summed E-state index contributed by atoms with van der Waals surface area (Å²) in [7, 11) is 1.49. The van der Waals surface area contributed by atoms with Gasteiger partial charge in [-0.1, -0.05) is 36.9 Å². The zero-order valence-corrected chi connectivity index (χ0v) is 12.9. The Labute approximate surface area is 130 Å². The molecule has 3 atom stereocenters. The van der Waals surface area contributed by atoms with Gasteiger partial charge in [0.25, 0.3) is 5.91 Å². The Hall–Kier alpha value is -1.91. The lowest BCUT2D eigenvalue weighted by molar-refractivity contribution is -0.197. The molecule has 22 heavy (non-hydrogen) atoms. The first-order chi connectivity index (χ1) is 10.6. The number of rotatable bonds is 7. The molecule has 1 aliphatic rings. The van der Waals surface area contributed by atoms with E-state index >= 15 is 0 Å². The maximum absolute atomic E-state index is 12.3. The number of benzene rings is 1. The van der Waals surface area contributed by atoms with Crippen LogP contribution in [-0.4, -0.2) is 48.1 Å². The standard InChI is InChI=1S/C17H21NO4/c1-4-12(2)15(19)14-16(22-11-21-3)17(20)18(14)10-13-8-6-5-7-9-13/h5-9,14-16,19H,1,10-11H2,2-3H3/t14-,15+,16+/m0/s1. The predicted molar refractivity (Wildman–Crippen MR) is 81.9 cm³/mol. The highest BCUT2D eigenvalue weighted by Gasteiger charge is 2.52. The molecule has 1 heterocycles. The fourth-order valence-electron chi connectivity index (χ4n) is 2.51. The second kappa shape index (κ2) is 7.38. The number of nitrogens with zero attached hydrogens (tertiary/aromatic N) is 1. The van der Waals surface area contributed by atoms with E-state index in [2.05, 4.69) is 12.3 Å². The first kappa shape index (κ1) is 16.5. The van der Waals surface area contributed by atoms with Crippen LogP contribution in [0, 0.1) is 0 Å². The van der Waals surface area contributed by atoms with Gasteiger partial charge in [-0.2, -0.15) is 0 Å². The minimum Gasteiger partial charge on any atom is -0.386 e. The van der Waals surface area contributed by atoms with Crippen molar-refractivity contribution < 1.29 is 19.4 Å². The van der Waals surface area contributed by atoms with Gasteiger partial charge in [-0.05, 0) is 18.1 Å². The van der Waals surface area contributed by atoms with Gasteiger partial charge in [0.05, 0.1) is 6.04 Å². The van der Waals surface area contributed by atoms with Crippen LogP contribution in [0.2, 0.25) is 0 Å². The topological polar surface area (TPSA) is 59.0 Å². The van der Waals surface area contributed by atoms with Crippen LogP contribution in [0.1, 0.15) is 12.5 Å². The predicted octanol–water partition coefficient (Wildman–Crippen LogP) is 1.48. The number of amides is 1. The molecule has 1 amide bonds. The van der Waals surface area contributed by atoms with Crippen molar-refractivity contribution in [2.45, 2.75) is 31.7 Å². The van der Waals surface area contributed by atoms with E-state index in [1.165, 1.54) is 7.11 Å². The number of aliphatic hydroxyl groups is 1. The smallest absolute Gasteiger partial charge is 0.254 e. The van der Waals surface area contributed by atoms with Crippen LogP contribution in [0.25, 0.3) is 0 Å². The summed E-state index contributed by atoms with van der Waals surface area (Å²) < 4.78 is 10.3. The molecule has 1 aromatic rings. The van der Waals surface area contributed by atoms with Gasteiger partial charge in [0.15, 0.2) is 6.10 Å². The number of β-lactam (4-membered cyclic amide) rings is 1. The average Bonchev–Trinajstić information content (AvgIpc) is 2.56. The van der Waals surface area contributed by atoms with Gasteiger partial charge in [0, 0.05) is 13.7 Å². The first-order valence-electron chi connectivity index (χ1n) is 7.09.